The maximum atomic E-state index is 12.3. The van der Waals surface area contributed by atoms with Gasteiger partial charge in [0, 0.05) is 6.20 Å². The molecular formula is C25H30N10O5S. The van der Waals surface area contributed by atoms with Gasteiger partial charge in [0.05, 0.1) is 67.4 Å². The van der Waals surface area contributed by atoms with Crippen molar-refractivity contribution in [2.75, 3.05) is 54.0 Å². The predicted octanol–water partition coefficient (Wildman–Crippen LogP) is 0.503. The molecule has 0 saturated carbocycles. The quantitative estimate of drug-likeness (QED) is 0.192. The molecule has 16 heteroatoms. The molecule has 1 atom stereocenters. The number of aromatic nitrogens is 6. The first-order valence-electron chi connectivity index (χ1n) is 12.9. The highest BCUT2D eigenvalue weighted by Gasteiger charge is 2.22. The lowest BCUT2D eigenvalue weighted by Crippen LogP contribution is -2.38. The molecule has 1 amide bonds. The first-order valence-corrected chi connectivity index (χ1v) is 14.7. The smallest absolute Gasteiger partial charge is 0.238 e. The van der Waals surface area contributed by atoms with Crippen LogP contribution in [0.2, 0.25) is 0 Å². The van der Waals surface area contributed by atoms with Gasteiger partial charge in [0.25, 0.3) is 0 Å². The standard InChI is InChI=1S/C25H30N10O5S/c1-41(39,40)34(14-20(37)16-36)21-6-4-19(13-26-21)31-25-28-10-17-11-29-35(24(17)32-25)22-7-5-18(12-27-22)30-23(38)15-33-8-2-3-9-33/h4-7,10-13,20,36-37H,2-3,8-9,14-16H2,1H3,(H,30,38)(H,28,31,32). The summed E-state index contributed by atoms with van der Waals surface area (Å²) in [6.45, 7) is 1.32. The normalized spacial score (nSPS) is 14.7. The highest BCUT2D eigenvalue weighted by atomic mass is 32.2. The van der Waals surface area contributed by atoms with Gasteiger partial charge in [-0.1, -0.05) is 0 Å². The van der Waals surface area contributed by atoms with Crippen LogP contribution in [0.25, 0.3) is 16.9 Å². The summed E-state index contributed by atoms with van der Waals surface area (Å²) in [5, 5.41) is 29.8. The average molecular weight is 583 g/mol. The molecule has 4 aromatic heterocycles. The zero-order chi connectivity index (χ0) is 29.0. The molecule has 5 heterocycles. The number of likely N-dealkylation sites (tertiary alicyclic amines) is 1. The van der Waals surface area contributed by atoms with Crippen LogP contribution in [0.5, 0.6) is 0 Å². The lowest BCUT2D eigenvalue weighted by atomic mass is 10.3. The van der Waals surface area contributed by atoms with Gasteiger partial charge in [-0.3, -0.25) is 14.0 Å². The van der Waals surface area contributed by atoms with Crippen molar-refractivity contribution < 1.29 is 23.4 Å². The summed E-state index contributed by atoms with van der Waals surface area (Å²) in [7, 11) is -3.74. The third-order valence-electron chi connectivity index (χ3n) is 6.37. The molecule has 0 aliphatic carbocycles. The molecule has 216 valence electrons. The third-order valence-corrected chi connectivity index (χ3v) is 7.51. The Hall–Kier alpha value is -4.25. The van der Waals surface area contributed by atoms with Gasteiger partial charge < -0.3 is 20.8 Å². The number of hydrogen-bond acceptors (Lipinski definition) is 12. The summed E-state index contributed by atoms with van der Waals surface area (Å²) in [6, 6.07) is 6.54. The maximum Gasteiger partial charge on any atom is 0.238 e. The van der Waals surface area contributed by atoms with E-state index in [0.29, 0.717) is 34.8 Å². The zero-order valence-corrected chi connectivity index (χ0v) is 23.1. The van der Waals surface area contributed by atoms with Gasteiger partial charge in [0.15, 0.2) is 11.5 Å². The number of pyridine rings is 2. The van der Waals surface area contributed by atoms with Crippen LogP contribution in [-0.2, 0) is 14.8 Å². The number of carbonyl (C=O) groups is 1. The Morgan fingerprint density at radius 1 is 1.05 bits per heavy atom. The number of aliphatic hydroxyl groups is 2. The van der Waals surface area contributed by atoms with E-state index in [4.69, 9.17) is 5.11 Å². The zero-order valence-electron chi connectivity index (χ0n) is 22.3. The highest BCUT2D eigenvalue weighted by Crippen LogP contribution is 2.22. The number of amides is 1. The maximum absolute atomic E-state index is 12.3. The van der Waals surface area contributed by atoms with Crippen molar-refractivity contribution in [1.82, 2.24) is 34.6 Å². The van der Waals surface area contributed by atoms with E-state index in [-0.39, 0.29) is 24.2 Å². The van der Waals surface area contributed by atoms with Crippen molar-refractivity contribution in [2.45, 2.75) is 18.9 Å². The summed E-state index contributed by atoms with van der Waals surface area (Å²) < 4.78 is 26.8. The number of carbonyl (C=O) groups excluding carboxylic acids is 1. The van der Waals surface area contributed by atoms with Gasteiger partial charge in [-0.2, -0.15) is 14.8 Å². The fraction of sp³-hybridized carbons (Fsp3) is 0.360. The molecule has 1 saturated heterocycles. The number of sulfonamides is 1. The van der Waals surface area contributed by atoms with Crippen LogP contribution in [0.3, 0.4) is 0 Å². The molecule has 1 aliphatic heterocycles. The van der Waals surface area contributed by atoms with E-state index in [0.717, 1.165) is 36.5 Å². The van der Waals surface area contributed by atoms with E-state index in [1.54, 1.807) is 41.5 Å². The molecule has 0 bridgehead atoms. The summed E-state index contributed by atoms with van der Waals surface area (Å²) in [6.07, 6.45) is 8.16. The number of nitrogens with zero attached hydrogens (tertiary/aromatic N) is 8. The number of fused-ring (bicyclic) bond motifs is 1. The van der Waals surface area contributed by atoms with Crippen LogP contribution in [0.4, 0.5) is 23.1 Å². The second-order valence-corrected chi connectivity index (χ2v) is 11.5. The minimum atomic E-state index is -3.74. The molecule has 4 N–H and O–H groups in total. The largest absolute Gasteiger partial charge is 0.394 e. The first kappa shape index (κ1) is 28.3. The minimum absolute atomic E-state index is 0.0799. The number of nitrogens with one attached hydrogen (secondary N) is 2. The highest BCUT2D eigenvalue weighted by molar-refractivity contribution is 7.92. The molecule has 1 fully saturated rings. The number of hydrogen-bond donors (Lipinski definition) is 4. The molecular weight excluding hydrogens is 552 g/mol. The van der Waals surface area contributed by atoms with Gasteiger partial charge in [-0.25, -0.2) is 23.4 Å². The van der Waals surface area contributed by atoms with Gasteiger partial charge in [0.1, 0.15) is 5.82 Å². The van der Waals surface area contributed by atoms with E-state index >= 15 is 0 Å². The summed E-state index contributed by atoms with van der Waals surface area (Å²) in [4.78, 5) is 31.9. The van der Waals surface area contributed by atoms with Crippen molar-refractivity contribution in [3.8, 4) is 5.82 Å². The van der Waals surface area contributed by atoms with E-state index in [9.17, 15) is 18.3 Å². The summed E-state index contributed by atoms with van der Waals surface area (Å²) >= 11 is 0. The van der Waals surface area contributed by atoms with Crippen LogP contribution >= 0.6 is 0 Å². The Morgan fingerprint density at radius 2 is 1.80 bits per heavy atom. The van der Waals surface area contributed by atoms with Crippen LogP contribution in [0.15, 0.2) is 49.1 Å². The van der Waals surface area contributed by atoms with Crippen molar-refractivity contribution in [3.63, 3.8) is 0 Å². The van der Waals surface area contributed by atoms with Gasteiger partial charge in [0.2, 0.25) is 21.9 Å². The predicted molar refractivity (Wildman–Crippen MR) is 152 cm³/mol. The lowest BCUT2D eigenvalue weighted by molar-refractivity contribution is -0.117. The number of rotatable bonds is 11. The van der Waals surface area contributed by atoms with Crippen molar-refractivity contribution in [1.29, 1.82) is 0 Å². The van der Waals surface area contributed by atoms with E-state index < -0.39 is 22.7 Å². The van der Waals surface area contributed by atoms with Crippen LogP contribution in [-0.4, -0.2) is 104 Å². The summed E-state index contributed by atoms with van der Waals surface area (Å²) in [5.74, 6) is 0.750. The molecule has 0 radical (unpaired) electrons. The van der Waals surface area contributed by atoms with Crippen LogP contribution in [0.1, 0.15) is 12.8 Å². The van der Waals surface area contributed by atoms with Gasteiger partial charge >= 0.3 is 0 Å². The first-order chi connectivity index (χ1) is 19.7. The molecule has 5 rings (SSSR count). The Morgan fingerprint density at radius 3 is 2.46 bits per heavy atom. The van der Waals surface area contributed by atoms with Crippen molar-refractivity contribution in [3.05, 3.63) is 49.1 Å². The topological polar surface area (TPSA) is 192 Å². The Balaban J connectivity index is 1.29. The minimum Gasteiger partial charge on any atom is -0.394 e. The van der Waals surface area contributed by atoms with Crippen molar-refractivity contribution in [2.24, 2.45) is 0 Å². The van der Waals surface area contributed by atoms with E-state index in [2.05, 4.69) is 40.6 Å². The monoisotopic (exact) mass is 582 g/mol. The van der Waals surface area contributed by atoms with Gasteiger partial charge in [-0.05, 0) is 50.2 Å². The van der Waals surface area contributed by atoms with E-state index in [1.807, 2.05) is 0 Å². The molecule has 0 spiro atoms. The molecule has 15 nitrogen and oxygen atoms in total. The average Bonchev–Trinajstić information content (AvgIpc) is 3.62. The second kappa shape index (κ2) is 12.1. The van der Waals surface area contributed by atoms with Gasteiger partial charge in [-0.15, -0.1) is 0 Å². The Labute approximate surface area is 235 Å². The van der Waals surface area contributed by atoms with Crippen LogP contribution < -0.4 is 14.9 Å². The Bertz CT molecular complexity index is 1610. The SMILES string of the molecule is CS(=O)(=O)N(CC(O)CO)c1ccc(Nc2ncc3cnn(-c4ccc(NC(=O)CN5CCCC5)cn4)c3n2)cn1. The Kier molecular flexibility index (Phi) is 8.34. The van der Waals surface area contributed by atoms with E-state index in [1.165, 1.54) is 12.3 Å². The molecule has 0 aromatic carbocycles. The second-order valence-electron chi connectivity index (χ2n) is 9.63. The lowest BCUT2D eigenvalue weighted by Gasteiger charge is -2.23. The number of anilines is 4. The molecule has 1 unspecified atom stereocenters. The summed E-state index contributed by atoms with van der Waals surface area (Å²) in [5.41, 5.74) is 1.57. The fourth-order valence-electron chi connectivity index (χ4n) is 4.36. The molecule has 1 aliphatic rings. The molecule has 41 heavy (non-hydrogen) atoms. The molecule has 4 aromatic rings. The third kappa shape index (κ3) is 6.91. The van der Waals surface area contributed by atoms with Crippen molar-refractivity contribution >= 4 is 50.1 Å². The fourth-order valence-corrected chi connectivity index (χ4v) is 5.25. The van der Waals surface area contributed by atoms with Crippen LogP contribution in [0, 0.1) is 0 Å². The number of aliphatic hydroxyl groups excluding tert-OH is 2.